The maximum atomic E-state index is 14.9. The molecule has 8 heteroatoms. The maximum absolute atomic E-state index is 14.9. The molecule has 1 saturated carbocycles. The standard InChI is InChI=1S/C18H22FN3O4/c1-25-13-3-2-12-15(22-13)14(11(19)8-21-12)18(24,9-23)17-6-4-16(20,5-7-17)10-26-17/h2-3,8,23-24H,4-7,9-10,20H2,1H3. The Hall–Kier alpha value is -1.87. The Kier molecular flexibility index (Phi) is 3.92. The smallest absolute Gasteiger partial charge is 0.213 e. The van der Waals surface area contributed by atoms with Crippen molar-refractivity contribution in [2.45, 2.75) is 42.4 Å². The lowest BCUT2D eigenvalue weighted by Crippen LogP contribution is -2.67. The van der Waals surface area contributed by atoms with Gasteiger partial charge in [-0.3, -0.25) is 4.98 Å². The predicted octanol–water partition coefficient (Wildman–Crippen LogP) is 0.998. The van der Waals surface area contributed by atoms with Crippen molar-refractivity contribution >= 4 is 11.0 Å². The fraction of sp³-hybridized carbons (Fsp3) is 0.556. The number of aromatic nitrogens is 2. The van der Waals surface area contributed by atoms with E-state index in [1.807, 2.05) is 0 Å². The summed E-state index contributed by atoms with van der Waals surface area (Å²) < 4.78 is 26.0. The molecule has 3 fully saturated rings. The largest absolute Gasteiger partial charge is 0.481 e. The molecule has 7 nitrogen and oxygen atoms in total. The van der Waals surface area contributed by atoms with Crippen LogP contribution in [-0.4, -0.2) is 51.6 Å². The van der Waals surface area contributed by atoms with Gasteiger partial charge in [0.25, 0.3) is 0 Å². The minimum absolute atomic E-state index is 0.115. The van der Waals surface area contributed by atoms with Crippen LogP contribution in [0.25, 0.3) is 11.0 Å². The van der Waals surface area contributed by atoms with Crippen molar-refractivity contribution in [3.8, 4) is 5.88 Å². The molecule has 26 heavy (non-hydrogen) atoms. The Morgan fingerprint density at radius 2 is 2.08 bits per heavy atom. The molecule has 2 aliphatic heterocycles. The summed E-state index contributed by atoms with van der Waals surface area (Å²) in [6, 6.07) is 3.24. The summed E-state index contributed by atoms with van der Waals surface area (Å²) in [7, 11) is 1.45. The third-order valence-corrected chi connectivity index (χ3v) is 5.94. The number of aliphatic hydroxyl groups excluding tert-OH is 1. The summed E-state index contributed by atoms with van der Waals surface area (Å²) in [5.74, 6) is -0.485. The summed E-state index contributed by atoms with van der Waals surface area (Å²) in [6.45, 7) is -0.448. The third-order valence-electron chi connectivity index (χ3n) is 5.94. The molecule has 5 rings (SSSR count). The highest BCUT2D eigenvalue weighted by Gasteiger charge is 2.60. The molecule has 0 amide bonds. The number of nitrogens with zero attached hydrogens (tertiary/aromatic N) is 2. The van der Waals surface area contributed by atoms with Crippen LogP contribution in [0.1, 0.15) is 31.2 Å². The molecule has 1 atom stereocenters. The lowest BCUT2D eigenvalue weighted by atomic mass is 9.63. The van der Waals surface area contributed by atoms with Crippen LogP contribution in [0.2, 0.25) is 0 Å². The van der Waals surface area contributed by atoms with Crippen molar-refractivity contribution in [3.05, 3.63) is 29.7 Å². The molecule has 2 bridgehead atoms. The number of hydrogen-bond donors (Lipinski definition) is 3. The van der Waals surface area contributed by atoms with Crippen molar-refractivity contribution < 1.29 is 24.1 Å². The first-order chi connectivity index (χ1) is 12.4. The molecule has 0 radical (unpaired) electrons. The molecule has 4 heterocycles. The van der Waals surface area contributed by atoms with Crippen molar-refractivity contribution in [2.75, 3.05) is 20.3 Å². The number of rotatable bonds is 4. The fourth-order valence-corrected chi connectivity index (χ4v) is 4.24. The van der Waals surface area contributed by atoms with Crippen LogP contribution in [0.3, 0.4) is 0 Å². The average Bonchev–Trinajstić information content (AvgIpc) is 2.67. The maximum Gasteiger partial charge on any atom is 0.213 e. The van der Waals surface area contributed by atoms with Gasteiger partial charge in [0.15, 0.2) is 0 Å². The van der Waals surface area contributed by atoms with Crippen molar-refractivity contribution in [1.82, 2.24) is 9.97 Å². The second kappa shape index (κ2) is 5.82. The quantitative estimate of drug-likeness (QED) is 0.743. The number of ether oxygens (including phenoxy) is 2. The van der Waals surface area contributed by atoms with E-state index in [0.29, 0.717) is 31.2 Å². The van der Waals surface area contributed by atoms with Gasteiger partial charge in [-0.05, 0) is 31.7 Å². The first kappa shape index (κ1) is 17.5. The number of halogens is 1. The fourth-order valence-electron chi connectivity index (χ4n) is 4.24. The molecular formula is C18H22FN3O4. The van der Waals surface area contributed by atoms with Crippen molar-refractivity contribution in [3.63, 3.8) is 0 Å². The van der Waals surface area contributed by atoms with E-state index in [0.717, 1.165) is 6.20 Å². The first-order valence-corrected chi connectivity index (χ1v) is 8.62. The van der Waals surface area contributed by atoms with E-state index in [9.17, 15) is 14.6 Å². The van der Waals surface area contributed by atoms with Crippen LogP contribution in [0.5, 0.6) is 5.88 Å². The molecule has 2 aromatic heterocycles. The van der Waals surface area contributed by atoms with Gasteiger partial charge in [0.1, 0.15) is 22.5 Å². The van der Waals surface area contributed by atoms with E-state index in [1.54, 1.807) is 12.1 Å². The van der Waals surface area contributed by atoms with Gasteiger partial charge in [0.2, 0.25) is 5.88 Å². The Morgan fingerprint density at radius 3 is 2.65 bits per heavy atom. The van der Waals surface area contributed by atoms with E-state index < -0.39 is 29.2 Å². The topological polar surface area (TPSA) is 111 Å². The van der Waals surface area contributed by atoms with Gasteiger partial charge < -0.3 is 25.4 Å². The Bertz CT molecular complexity index is 837. The van der Waals surface area contributed by atoms with Crippen molar-refractivity contribution in [2.24, 2.45) is 5.73 Å². The van der Waals surface area contributed by atoms with Crippen LogP contribution in [-0.2, 0) is 10.3 Å². The Balaban J connectivity index is 1.93. The minimum Gasteiger partial charge on any atom is -0.481 e. The van der Waals surface area contributed by atoms with Gasteiger partial charge in [-0.25, -0.2) is 9.37 Å². The molecule has 3 aliphatic rings. The summed E-state index contributed by atoms with van der Waals surface area (Å²) in [6.07, 6.45) is 3.15. The zero-order valence-electron chi connectivity index (χ0n) is 14.5. The monoisotopic (exact) mass is 363 g/mol. The molecule has 1 unspecified atom stereocenters. The summed E-state index contributed by atoms with van der Waals surface area (Å²) in [5.41, 5.74) is 3.17. The molecule has 2 saturated heterocycles. The molecule has 0 spiro atoms. The zero-order valence-corrected chi connectivity index (χ0v) is 14.5. The summed E-state index contributed by atoms with van der Waals surface area (Å²) in [5, 5.41) is 21.7. The minimum atomic E-state index is -1.97. The van der Waals surface area contributed by atoms with Gasteiger partial charge in [-0.1, -0.05) is 0 Å². The number of fused-ring (bicyclic) bond motifs is 4. The Morgan fingerprint density at radius 1 is 1.35 bits per heavy atom. The van der Waals surface area contributed by atoms with Gasteiger partial charge in [-0.2, -0.15) is 0 Å². The van der Waals surface area contributed by atoms with Crippen molar-refractivity contribution in [1.29, 1.82) is 0 Å². The van der Waals surface area contributed by atoms with Gasteiger partial charge in [0, 0.05) is 11.6 Å². The van der Waals surface area contributed by atoms with Crippen LogP contribution >= 0.6 is 0 Å². The molecule has 140 valence electrons. The van der Waals surface area contributed by atoms with Crippen LogP contribution in [0.4, 0.5) is 4.39 Å². The normalized spacial score (nSPS) is 30.3. The highest BCUT2D eigenvalue weighted by atomic mass is 19.1. The second-order valence-corrected chi connectivity index (χ2v) is 7.37. The molecule has 2 aromatic rings. The summed E-state index contributed by atoms with van der Waals surface area (Å²) >= 11 is 0. The highest BCUT2D eigenvalue weighted by molar-refractivity contribution is 5.79. The van der Waals surface area contributed by atoms with Gasteiger partial charge in [-0.15, -0.1) is 0 Å². The molecule has 4 N–H and O–H groups in total. The Labute approximate surface area is 150 Å². The number of nitrogens with two attached hydrogens (primary N) is 1. The number of pyridine rings is 2. The highest BCUT2D eigenvalue weighted by Crippen LogP contribution is 2.52. The van der Waals surface area contributed by atoms with Crippen LogP contribution in [0, 0.1) is 5.82 Å². The molecule has 1 aliphatic carbocycles. The van der Waals surface area contributed by atoms with E-state index in [-0.39, 0.29) is 23.6 Å². The van der Waals surface area contributed by atoms with E-state index in [1.165, 1.54) is 7.11 Å². The average molecular weight is 363 g/mol. The third kappa shape index (κ3) is 2.33. The number of hydrogen-bond acceptors (Lipinski definition) is 7. The van der Waals surface area contributed by atoms with Crippen LogP contribution < -0.4 is 10.5 Å². The zero-order chi connectivity index (χ0) is 18.6. The SMILES string of the molecule is COc1ccc2ncc(F)c(C(O)(CO)C34CCC(N)(CC3)CO4)c2n1. The van der Waals surface area contributed by atoms with E-state index in [4.69, 9.17) is 15.2 Å². The van der Waals surface area contributed by atoms with E-state index in [2.05, 4.69) is 9.97 Å². The van der Waals surface area contributed by atoms with Gasteiger partial charge >= 0.3 is 0 Å². The molecule has 0 aromatic carbocycles. The molecular weight excluding hydrogens is 341 g/mol. The summed E-state index contributed by atoms with van der Waals surface area (Å²) in [4.78, 5) is 8.31. The van der Waals surface area contributed by atoms with E-state index >= 15 is 0 Å². The number of methoxy groups -OCH3 is 1. The lowest BCUT2D eigenvalue weighted by Gasteiger charge is -2.57. The van der Waals surface area contributed by atoms with Crippen LogP contribution in [0.15, 0.2) is 18.3 Å². The lowest BCUT2D eigenvalue weighted by molar-refractivity contribution is -0.260. The first-order valence-electron chi connectivity index (χ1n) is 8.62. The predicted molar refractivity (Wildman–Crippen MR) is 91.1 cm³/mol. The second-order valence-electron chi connectivity index (χ2n) is 7.37. The van der Waals surface area contributed by atoms with Gasteiger partial charge in [0.05, 0.1) is 37.6 Å². The number of aliphatic hydroxyl groups is 2.